The third kappa shape index (κ3) is 28.9. The monoisotopic (exact) mass is 1540 g/mol. The maximum absolute atomic E-state index is 15.1. The SMILES string of the molecule is CCCNC(=O)Nc1cccc(S(=O)(=O)Nc2cccc([C@@H](CC(=O)[O-])NC(=O)Nc3ccc(NC(=O)NCCOCCOCCOCCC(=O)N[C@@H](C)C(=O)N(C)[C@@H](C)C(=O)N[C@@H](CC(=O)N=[S@@](C)(=O)Cc4cc5cc(c4)OCCCCOc4cc(F)ccc4-c4nc(ncc4F)N5)C(N)=O)cc3)c2)c1.[Na+]. The van der Waals surface area contributed by atoms with Crippen molar-refractivity contribution in [2.75, 3.05) is 105 Å². The predicted molar refractivity (Wildman–Crippen MR) is 384 cm³/mol. The Bertz CT molecular complexity index is 4370. The van der Waals surface area contributed by atoms with Gasteiger partial charge in [0.05, 0.1) is 91.9 Å². The normalized spacial score (nSPS) is 13.5. The van der Waals surface area contributed by atoms with Crippen molar-refractivity contribution in [2.45, 2.75) is 94.1 Å². The van der Waals surface area contributed by atoms with Crippen LogP contribution in [0.15, 0.2) is 125 Å². The van der Waals surface area contributed by atoms with Gasteiger partial charge in [-0.1, -0.05) is 25.1 Å². The molecule has 0 spiro atoms. The van der Waals surface area contributed by atoms with Crippen LogP contribution < -0.4 is 102 Å². The number of anilines is 6. The molecule has 38 heteroatoms. The van der Waals surface area contributed by atoms with Gasteiger partial charge in [-0.05, 0) is 123 Å². The standard InChI is InChI=1S/C69H85F2N15O18S2.Na/c1-6-22-73-67(94)80-49-12-10-14-53(37-49)106(98,99)84-50-13-9-11-45(34-50)56(39-61(89)90)82-69(96)79-48-18-16-47(17-19-48)78-68(95)74-23-27-101-29-31-102-30-28-100-26-21-59(87)76-42(2)65(93)86(4)43(3)64(92)81-57(63(72)91)38-60(88)85-105(5,97)41-44-32-51-36-52(33-44)103-24-7-8-25-104-58-35-46(70)15-20-54(58)62-55(71)40-75-66(77-51)83-62;/h9-20,32-37,40,42-43,56-57,84H,6-8,21-31,38-39,41H2,1-5H3,(H2,72,91)(H,76,87)(H,81,92)(H,89,90)(H2,73,80,94)(H2,74,78,95)(H,75,77,83)(H2,79,82,96);/q;+1/p-1/t42-,43-,56+,57-,105-;/m0./s1. The van der Waals surface area contributed by atoms with E-state index in [1.54, 1.807) is 18.2 Å². The molecule has 0 saturated heterocycles. The Morgan fingerprint density at radius 3 is 2.04 bits per heavy atom. The zero-order chi connectivity index (χ0) is 76.9. The van der Waals surface area contributed by atoms with E-state index in [2.05, 4.69) is 66.9 Å². The molecule has 1 aliphatic rings. The first kappa shape index (κ1) is 85.8. The third-order valence-electron chi connectivity index (χ3n) is 15.4. The summed E-state index contributed by atoms with van der Waals surface area (Å²) in [6.45, 7) is 6.28. The third-order valence-corrected chi connectivity index (χ3v) is 18.2. The number of fused-ring (bicyclic) bond motifs is 6. The molecule has 2 heterocycles. The van der Waals surface area contributed by atoms with Gasteiger partial charge < -0.3 is 92.1 Å². The molecule has 1 aliphatic heterocycles. The van der Waals surface area contributed by atoms with E-state index in [4.69, 9.17) is 29.4 Å². The number of sulfonamides is 1. The molecule has 12 N–H and O–H groups in total. The van der Waals surface area contributed by atoms with Gasteiger partial charge in [0.25, 0.3) is 15.9 Å². The summed E-state index contributed by atoms with van der Waals surface area (Å²) in [5.41, 5.74) is 7.49. The van der Waals surface area contributed by atoms with Crippen molar-refractivity contribution >= 4 is 108 Å². The second-order valence-electron chi connectivity index (χ2n) is 24.0. The second-order valence-corrected chi connectivity index (χ2v) is 28.1. The minimum absolute atomic E-state index is 0. The minimum Gasteiger partial charge on any atom is -0.550 e. The first-order chi connectivity index (χ1) is 50.5. The molecule has 4 bridgehead atoms. The Balaban J connectivity index is 0.0000179. The van der Waals surface area contributed by atoms with E-state index in [0.717, 1.165) is 23.2 Å². The van der Waals surface area contributed by atoms with Gasteiger partial charge >= 0.3 is 47.7 Å². The van der Waals surface area contributed by atoms with E-state index in [9.17, 15) is 65.3 Å². The summed E-state index contributed by atoms with van der Waals surface area (Å²) >= 11 is 0. The van der Waals surface area contributed by atoms with Crippen molar-refractivity contribution in [2.24, 2.45) is 10.1 Å². The summed E-state index contributed by atoms with van der Waals surface area (Å²) < 4.78 is 105. The molecule has 0 fully saturated rings. The second kappa shape index (κ2) is 42.3. The molecule has 0 unspecified atom stereocenters. The number of carbonyl (C=O) groups excluding carboxylic acids is 9. The van der Waals surface area contributed by atoms with E-state index < -0.39 is 122 Å². The smallest absolute Gasteiger partial charge is 0.550 e. The maximum atomic E-state index is 15.1. The van der Waals surface area contributed by atoms with Gasteiger partial charge in [0.1, 0.15) is 41.1 Å². The van der Waals surface area contributed by atoms with Gasteiger partial charge in [0, 0.05) is 91.3 Å². The molecule has 6 aromatic rings. The van der Waals surface area contributed by atoms with E-state index in [1.165, 1.54) is 106 Å². The molecule has 0 radical (unpaired) electrons. The number of amides is 11. The van der Waals surface area contributed by atoms with Crippen LogP contribution in [-0.4, -0.2) is 178 Å². The summed E-state index contributed by atoms with van der Waals surface area (Å²) in [6.07, 6.45) is 2.26. The van der Waals surface area contributed by atoms with E-state index in [1.807, 2.05) is 6.92 Å². The number of nitrogens with one attached hydrogen (secondary N) is 10. The number of aromatic nitrogens is 2. The zero-order valence-corrected chi connectivity index (χ0v) is 63.2. The molecule has 107 heavy (non-hydrogen) atoms. The van der Waals surface area contributed by atoms with Gasteiger partial charge in [0.15, 0.2) is 5.82 Å². The number of hydrogen-bond donors (Lipinski definition) is 11. The summed E-state index contributed by atoms with van der Waals surface area (Å²) in [5, 5.41) is 35.2. The summed E-state index contributed by atoms with van der Waals surface area (Å²) in [4.78, 5) is 124. The molecule has 0 aliphatic carbocycles. The Morgan fingerprint density at radius 1 is 0.720 bits per heavy atom. The van der Waals surface area contributed by atoms with Crippen LogP contribution in [0.2, 0.25) is 0 Å². The Hall–Kier alpha value is -10.2. The van der Waals surface area contributed by atoms with Crippen LogP contribution in [0.1, 0.15) is 76.5 Å². The number of carboxylic acids is 1. The fourth-order valence-corrected chi connectivity index (χ4v) is 12.5. The minimum atomic E-state index is -4.20. The Morgan fingerprint density at radius 2 is 1.36 bits per heavy atom. The van der Waals surface area contributed by atoms with Crippen molar-refractivity contribution in [3.8, 4) is 22.8 Å². The number of benzene rings is 5. The molecule has 7 rings (SSSR count). The average Bonchev–Trinajstić information content (AvgIpc) is 1.28. The van der Waals surface area contributed by atoms with Crippen molar-refractivity contribution < 1.29 is 123 Å². The maximum Gasteiger partial charge on any atom is 1.00 e. The molecular weight excluding hydrogens is 1450 g/mol. The Labute approximate surface area is 638 Å². The van der Waals surface area contributed by atoms with Crippen molar-refractivity contribution in [1.29, 1.82) is 0 Å². The topological polar surface area (TPSA) is 462 Å². The molecule has 5 aromatic carbocycles. The number of rotatable bonds is 34. The number of nitrogens with two attached hydrogens (primary N) is 1. The van der Waals surface area contributed by atoms with Crippen LogP contribution in [0.25, 0.3) is 11.3 Å². The fourth-order valence-electron chi connectivity index (χ4n) is 10.1. The summed E-state index contributed by atoms with van der Waals surface area (Å²) in [7, 11) is -6.31. The van der Waals surface area contributed by atoms with Gasteiger partial charge in [-0.3, -0.25) is 28.7 Å². The largest absolute Gasteiger partial charge is 1.00 e. The number of primary amides is 1. The number of carbonyl (C=O) groups is 9. The zero-order valence-electron chi connectivity index (χ0n) is 59.6. The number of carboxylic acid groups (broad SMARTS) is 1. The van der Waals surface area contributed by atoms with Crippen LogP contribution in [0.5, 0.6) is 11.5 Å². The fraction of sp³-hybridized carbons (Fsp3) is 0.377. The first-order valence-electron chi connectivity index (χ1n) is 33.3. The average molecular weight is 1540 g/mol. The van der Waals surface area contributed by atoms with Crippen LogP contribution in [0.4, 0.5) is 57.5 Å². The molecule has 0 saturated carbocycles. The predicted octanol–water partition coefficient (Wildman–Crippen LogP) is 2.15. The van der Waals surface area contributed by atoms with Gasteiger partial charge in [-0.25, -0.2) is 45.8 Å². The number of likely N-dealkylation sites (N-methyl/N-ethyl adjacent to an activating group) is 1. The van der Waals surface area contributed by atoms with Gasteiger partial charge in [-0.15, -0.1) is 0 Å². The van der Waals surface area contributed by atoms with Crippen molar-refractivity contribution in [1.82, 2.24) is 41.5 Å². The molecule has 11 amide bonds. The van der Waals surface area contributed by atoms with Crippen LogP contribution in [0.3, 0.4) is 0 Å². The summed E-state index contributed by atoms with van der Waals surface area (Å²) in [5.74, 6) is -7.08. The Kier molecular flexibility index (Phi) is 33.9. The van der Waals surface area contributed by atoms with E-state index in [0.29, 0.717) is 48.5 Å². The molecule has 1 aromatic heterocycles. The number of ether oxygens (including phenoxy) is 5. The van der Waals surface area contributed by atoms with Crippen LogP contribution in [-0.2, 0) is 68.5 Å². The number of urea groups is 3. The molecule has 5 atom stereocenters. The number of halogens is 2. The molecule has 570 valence electrons. The van der Waals surface area contributed by atoms with Crippen molar-refractivity contribution in [3.63, 3.8) is 0 Å². The van der Waals surface area contributed by atoms with Crippen molar-refractivity contribution in [3.05, 3.63) is 138 Å². The summed E-state index contributed by atoms with van der Waals surface area (Å²) in [6, 6.07) is 18.7. The first-order valence-corrected chi connectivity index (χ1v) is 36.9. The van der Waals surface area contributed by atoms with Gasteiger partial charge in [-0.2, -0.15) is 4.36 Å². The van der Waals surface area contributed by atoms with Crippen LogP contribution >= 0.6 is 0 Å². The molecule has 33 nitrogen and oxygen atoms in total. The number of nitrogens with zero attached hydrogens (tertiary/aromatic N) is 4. The number of aliphatic carboxylic acids is 1. The van der Waals surface area contributed by atoms with E-state index >= 15 is 4.39 Å². The van der Waals surface area contributed by atoms with E-state index in [-0.39, 0.29) is 152 Å². The number of hydrogen-bond acceptors (Lipinski definition) is 21. The molecular formula is C69H84F2N15NaO18S2. The van der Waals surface area contributed by atoms with Gasteiger partial charge in [0.2, 0.25) is 29.6 Å². The van der Waals surface area contributed by atoms with Crippen LogP contribution in [0, 0.1) is 11.6 Å². The quantitative estimate of drug-likeness (QED) is 0.0204.